The van der Waals surface area contributed by atoms with Crippen molar-refractivity contribution in [3.63, 3.8) is 0 Å². The fourth-order valence-corrected chi connectivity index (χ4v) is 9.20. The number of rotatable bonds is 17. The van der Waals surface area contributed by atoms with E-state index in [9.17, 15) is 62.6 Å². The van der Waals surface area contributed by atoms with Gasteiger partial charge in [-0.1, -0.05) is 38.5 Å². The lowest BCUT2D eigenvalue weighted by Gasteiger charge is -2.44. The summed E-state index contributed by atoms with van der Waals surface area (Å²) in [6, 6.07) is 0.463. The van der Waals surface area contributed by atoms with Gasteiger partial charge in [-0.2, -0.15) is 0 Å². The first-order valence-electron chi connectivity index (χ1n) is 23.4. The SMILES string of the molecule is CC[C@H](C)[C@@H]1NC(=O)[C@H](Cc2ccc(O)cc2)NC(=O)CCC(=O)NC[C@@H](C(=O)N2CCC23C[C@@H]3C(=O)N[C@@H](Cc2cccs2)C(=O)NCC(N)=O)NC(=O)[C@H](CC(N)=O)NC(=O)[C@H](CCC(N)=O)NC1=O. The summed E-state index contributed by atoms with van der Waals surface area (Å²) in [5.74, 6) is -11.7. The minimum absolute atomic E-state index is 0.0623. The van der Waals surface area contributed by atoms with E-state index in [0.717, 1.165) is 4.88 Å². The monoisotopic (exact) mass is 1020 g/mol. The second-order valence-electron chi connectivity index (χ2n) is 18.2. The first-order chi connectivity index (χ1) is 34.1. The molecule has 3 heterocycles. The molecule has 26 heteroatoms. The van der Waals surface area contributed by atoms with Crippen LogP contribution in [0, 0.1) is 11.8 Å². The topological polar surface area (TPSA) is 403 Å². The van der Waals surface area contributed by atoms with Crippen molar-refractivity contribution in [1.29, 1.82) is 0 Å². The maximum atomic E-state index is 14.5. The molecule has 0 radical (unpaired) electrons. The molecule has 3 aliphatic rings. The van der Waals surface area contributed by atoms with Gasteiger partial charge in [-0.25, -0.2) is 0 Å². The Kier molecular flexibility index (Phi) is 19.2. The van der Waals surface area contributed by atoms with Crippen molar-refractivity contribution < 1.29 is 62.6 Å². The van der Waals surface area contributed by atoms with Gasteiger partial charge >= 0.3 is 0 Å². The van der Waals surface area contributed by atoms with Crippen LogP contribution in [0.5, 0.6) is 5.75 Å². The maximum absolute atomic E-state index is 14.5. The molecule has 1 aromatic heterocycles. The third kappa shape index (κ3) is 15.2. The fraction of sp³-hybridized carbons (Fsp3) is 0.522. The molecule has 25 nitrogen and oxygen atoms in total. The standard InChI is InChI=1S/C46H62N12O13S/c1-3-23(2)38-44(70)53-28(10-11-33(47)60)41(67)55-31(19-34(48)61)42(68)56-32(21-50-36(63)12-13-37(64)52-29(43(69)57-38)17-24-6-8-25(59)9-7-24)45(71)58-15-14-46(58)20-27(46)39(65)54-30(18-26-5-4-16-72-26)40(66)51-22-35(49)62/h4-9,16,23,27-32,38,59H,3,10-15,17-22H2,1-2H3,(H2,47,60)(H2,48,61)(H2,49,62)(H,50,63)(H,51,66)(H,52,64)(H,53,70)(H,54,65)(H,55,67)(H,56,68)(H,57,69)/t23-,27+,28-,29-,30-,31-,32-,38-,46?/m0/s1. The highest BCUT2D eigenvalue weighted by atomic mass is 32.1. The van der Waals surface area contributed by atoms with Crippen LogP contribution in [0.1, 0.15) is 75.7 Å². The molecule has 1 saturated carbocycles. The molecule has 3 fully saturated rings. The van der Waals surface area contributed by atoms with Crippen molar-refractivity contribution in [2.45, 2.75) is 120 Å². The molecule has 1 aromatic carbocycles. The van der Waals surface area contributed by atoms with Crippen LogP contribution in [0.3, 0.4) is 0 Å². The number of phenolic OH excluding ortho intramolecular Hbond substituents is 1. The number of amides is 12. The lowest BCUT2D eigenvalue weighted by atomic mass is 9.95. The number of nitrogens with one attached hydrogen (secondary N) is 8. The normalized spacial score (nSPS) is 25.1. The van der Waals surface area contributed by atoms with Crippen LogP contribution < -0.4 is 59.7 Å². The van der Waals surface area contributed by atoms with Gasteiger partial charge in [0, 0.05) is 50.1 Å². The minimum Gasteiger partial charge on any atom is -0.508 e. The summed E-state index contributed by atoms with van der Waals surface area (Å²) in [5, 5.41) is 31.9. The zero-order valence-electron chi connectivity index (χ0n) is 39.8. The molecule has 1 aliphatic carbocycles. The number of phenols is 1. The van der Waals surface area contributed by atoms with E-state index in [4.69, 9.17) is 17.2 Å². The number of nitrogens with two attached hydrogens (primary N) is 3. The van der Waals surface area contributed by atoms with Crippen LogP contribution in [0.25, 0.3) is 0 Å². The molecule has 2 aromatic rings. The molecular weight excluding hydrogens is 961 g/mol. The van der Waals surface area contributed by atoms with E-state index >= 15 is 0 Å². The van der Waals surface area contributed by atoms with Gasteiger partial charge in [0.15, 0.2) is 0 Å². The minimum atomic E-state index is -1.81. The van der Waals surface area contributed by atoms with Crippen LogP contribution in [-0.4, -0.2) is 142 Å². The van der Waals surface area contributed by atoms with Crippen LogP contribution in [0.4, 0.5) is 0 Å². The van der Waals surface area contributed by atoms with Crippen LogP contribution in [0.15, 0.2) is 41.8 Å². The fourth-order valence-electron chi connectivity index (χ4n) is 8.45. The van der Waals surface area contributed by atoms with Gasteiger partial charge in [0.2, 0.25) is 70.9 Å². The van der Waals surface area contributed by atoms with E-state index in [1.54, 1.807) is 31.4 Å². The number of carbonyl (C=O) groups is 12. The largest absolute Gasteiger partial charge is 0.508 e. The molecule has 12 amide bonds. The summed E-state index contributed by atoms with van der Waals surface area (Å²) in [5.41, 5.74) is 15.6. The Morgan fingerprint density at radius 2 is 1.49 bits per heavy atom. The molecule has 390 valence electrons. The molecule has 1 spiro atoms. The number of nitrogens with zero attached hydrogens (tertiary/aromatic N) is 1. The van der Waals surface area contributed by atoms with E-state index in [-0.39, 0.29) is 31.6 Å². The van der Waals surface area contributed by atoms with Crippen LogP contribution in [0.2, 0.25) is 0 Å². The number of aromatic hydroxyl groups is 1. The number of hydrogen-bond donors (Lipinski definition) is 12. The number of hydrogen-bond acceptors (Lipinski definition) is 14. The summed E-state index contributed by atoms with van der Waals surface area (Å²) in [4.78, 5) is 162. The number of benzene rings is 1. The number of thiophene rings is 1. The number of likely N-dealkylation sites (tertiary alicyclic amines) is 1. The third-order valence-corrected chi connectivity index (χ3v) is 13.8. The van der Waals surface area contributed by atoms with Gasteiger partial charge < -0.3 is 69.7 Å². The quantitative estimate of drug-likeness (QED) is 0.0717. The van der Waals surface area contributed by atoms with E-state index in [0.29, 0.717) is 18.4 Å². The van der Waals surface area contributed by atoms with Crippen LogP contribution >= 0.6 is 11.3 Å². The van der Waals surface area contributed by atoms with E-state index in [1.807, 2.05) is 0 Å². The van der Waals surface area contributed by atoms with Crippen LogP contribution in [-0.2, 0) is 70.4 Å². The highest BCUT2D eigenvalue weighted by Gasteiger charge is 2.68. The Morgan fingerprint density at radius 1 is 0.819 bits per heavy atom. The molecule has 5 rings (SSSR count). The Morgan fingerprint density at radius 3 is 2.10 bits per heavy atom. The molecule has 2 aliphatic heterocycles. The third-order valence-electron chi connectivity index (χ3n) is 12.9. The van der Waals surface area contributed by atoms with Gasteiger partial charge in [0.1, 0.15) is 42.0 Å². The molecule has 15 N–H and O–H groups in total. The van der Waals surface area contributed by atoms with Crippen molar-refractivity contribution in [1.82, 2.24) is 47.4 Å². The van der Waals surface area contributed by atoms with Crippen molar-refractivity contribution in [2.75, 3.05) is 19.6 Å². The van der Waals surface area contributed by atoms with E-state index < -0.39 is 170 Å². The first-order valence-corrected chi connectivity index (χ1v) is 24.3. The summed E-state index contributed by atoms with van der Waals surface area (Å²) in [6.07, 6.45) is -1.87. The molecule has 1 unspecified atom stereocenters. The second-order valence-corrected chi connectivity index (χ2v) is 19.2. The second kappa shape index (κ2) is 25.0. The predicted octanol–water partition coefficient (Wildman–Crippen LogP) is -4.16. The lowest BCUT2D eigenvalue weighted by Crippen LogP contribution is -2.65. The van der Waals surface area contributed by atoms with Gasteiger partial charge in [-0.15, -0.1) is 11.3 Å². The summed E-state index contributed by atoms with van der Waals surface area (Å²) < 4.78 is 0. The van der Waals surface area contributed by atoms with E-state index in [2.05, 4.69) is 42.5 Å². The zero-order chi connectivity index (χ0) is 52.9. The number of carbonyl (C=O) groups excluding carboxylic acids is 12. The van der Waals surface area contributed by atoms with Gasteiger partial charge in [-0.05, 0) is 54.3 Å². The predicted molar refractivity (Wildman–Crippen MR) is 255 cm³/mol. The highest BCUT2D eigenvalue weighted by molar-refractivity contribution is 7.09. The Hall–Kier alpha value is -7.64. The Labute approximate surface area is 417 Å². The van der Waals surface area contributed by atoms with Gasteiger partial charge in [0.05, 0.1) is 24.4 Å². The molecular formula is C46H62N12O13S. The van der Waals surface area contributed by atoms with Crippen molar-refractivity contribution in [3.05, 3.63) is 52.2 Å². The summed E-state index contributed by atoms with van der Waals surface area (Å²) >= 11 is 1.34. The Balaban J connectivity index is 1.43. The average Bonchev–Trinajstić information content (AvgIpc) is 3.92. The molecule has 9 atom stereocenters. The molecule has 72 heavy (non-hydrogen) atoms. The van der Waals surface area contributed by atoms with Crippen molar-refractivity contribution in [2.24, 2.45) is 29.0 Å². The summed E-state index contributed by atoms with van der Waals surface area (Å²) in [7, 11) is 0. The zero-order valence-corrected chi connectivity index (χ0v) is 40.6. The van der Waals surface area contributed by atoms with Crippen molar-refractivity contribution >= 4 is 82.2 Å². The highest BCUT2D eigenvalue weighted by Crippen LogP contribution is 2.57. The number of primary amides is 3. The lowest BCUT2D eigenvalue weighted by molar-refractivity contribution is -0.147. The first kappa shape index (κ1) is 55.3. The molecule has 2 saturated heterocycles. The van der Waals surface area contributed by atoms with Gasteiger partial charge in [0.25, 0.3) is 0 Å². The molecule has 0 bridgehead atoms. The van der Waals surface area contributed by atoms with Crippen molar-refractivity contribution in [3.8, 4) is 5.75 Å². The average molecular weight is 1020 g/mol. The van der Waals surface area contributed by atoms with E-state index in [1.165, 1.54) is 40.5 Å². The maximum Gasteiger partial charge on any atom is 0.247 e. The van der Waals surface area contributed by atoms with Gasteiger partial charge in [-0.3, -0.25) is 57.5 Å². The summed E-state index contributed by atoms with van der Waals surface area (Å²) in [6.45, 7) is 2.39. The Bertz CT molecular complexity index is 2400. The smallest absolute Gasteiger partial charge is 0.247 e.